The zero-order valence-electron chi connectivity index (χ0n) is 18.7. The predicted molar refractivity (Wildman–Crippen MR) is 142 cm³/mol. The van der Waals surface area contributed by atoms with Gasteiger partial charge >= 0.3 is 0 Å². The molecule has 5 nitrogen and oxygen atoms in total. The summed E-state index contributed by atoms with van der Waals surface area (Å²) in [6.45, 7) is 9.12. The Balaban J connectivity index is 0.00000225. The first kappa shape index (κ1) is 29.3. The van der Waals surface area contributed by atoms with Crippen molar-refractivity contribution in [1.82, 2.24) is 4.98 Å². The highest BCUT2D eigenvalue weighted by Gasteiger charge is 2.27. The molecule has 0 radical (unpaired) electrons. The molecule has 1 aliphatic carbocycles. The number of para-hydroxylation sites is 1. The van der Waals surface area contributed by atoms with Crippen LogP contribution in [-0.2, 0) is 12.8 Å². The van der Waals surface area contributed by atoms with E-state index in [1.165, 1.54) is 27.8 Å². The number of hydrogen-bond donors (Lipinski definition) is 0. The van der Waals surface area contributed by atoms with E-state index in [1.807, 2.05) is 6.07 Å². The van der Waals surface area contributed by atoms with Crippen molar-refractivity contribution >= 4 is 50.6 Å². The summed E-state index contributed by atoms with van der Waals surface area (Å²) in [7, 11) is 1.73. The number of pyridine rings is 1. The van der Waals surface area contributed by atoms with E-state index < -0.39 is 0 Å². The summed E-state index contributed by atoms with van der Waals surface area (Å²) >= 11 is 0. The molecule has 0 spiro atoms. The van der Waals surface area contributed by atoms with Crippen LogP contribution in [0.3, 0.4) is 0 Å². The Hall–Kier alpha value is -1.67. The number of fused-ring (bicyclic) bond motifs is 4. The van der Waals surface area contributed by atoms with Crippen molar-refractivity contribution in [3.8, 4) is 17.0 Å². The van der Waals surface area contributed by atoms with Gasteiger partial charge in [0.1, 0.15) is 5.75 Å². The molecule has 0 bridgehead atoms. The van der Waals surface area contributed by atoms with E-state index in [0.717, 1.165) is 29.8 Å². The van der Waals surface area contributed by atoms with E-state index in [2.05, 4.69) is 69.0 Å². The summed E-state index contributed by atoms with van der Waals surface area (Å²) in [6, 6.07) is 15.8. The Morgan fingerprint density at radius 3 is 2.16 bits per heavy atom. The molecule has 1 aliphatic rings. The van der Waals surface area contributed by atoms with E-state index in [-0.39, 0.29) is 44.9 Å². The smallest absolute Gasteiger partial charge is 0.119 e. The van der Waals surface area contributed by atoms with Crippen LogP contribution in [0.5, 0.6) is 5.75 Å². The van der Waals surface area contributed by atoms with Gasteiger partial charge in [-0.1, -0.05) is 18.2 Å². The van der Waals surface area contributed by atoms with Crippen LogP contribution in [0.4, 0.5) is 5.69 Å². The highest BCUT2D eigenvalue weighted by molar-refractivity contribution is 8.93. The van der Waals surface area contributed by atoms with Crippen molar-refractivity contribution in [2.75, 3.05) is 12.0 Å². The average Bonchev–Trinajstić information content (AvgIpc) is 2.66. The lowest BCUT2D eigenvalue weighted by atomic mass is 9.86. The van der Waals surface area contributed by atoms with Crippen molar-refractivity contribution in [3.05, 3.63) is 53.6 Å². The summed E-state index contributed by atoms with van der Waals surface area (Å²) in [6.07, 6.45) is 2.04. The maximum absolute atomic E-state index is 5.43. The van der Waals surface area contributed by atoms with Crippen LogP contribution >= 0.6 is 34.0 Å². The van der Waals surface area contributed by atoms with Gasteiger partial charge in [-0.15, -0.1) is 34.0 Å². The van der Waals surface area contributed by atoms with Crippen LogP contribution < -0.4 is 9.64 Å². The van der Waals surface area contributed by atoms with Crippen molar-refractivity contribution in [2.45, 2.75) is 52.6 Å². The van der Waals surface area contributed by atoms with Crippen molar-refractivity contribution in [3.63, 3.8) is 0 Å². The first-order valence-corrected chi connectivity index (χ1v) is 9.88. The normalized spacial score (nSPS) is 11.3. The van der Waals surface area contributed by atoms with Gasteiger partial charge in [-0.2, -0.15) is 0 Å². The maximum atomic E-state index is 5.43. The van der Waals surface area contributed by atoms with Crippen molar-refractivity contribution in [2.24, 2.45) is 0 Å². The molecule has 4 N–H and O–H groups in total. The molecule has 0 amide bonds. The molecule has 2 aromatic carbocycles. The van der Waals surface area contributed by atoms with E-state index in [9.17, 15) is 0 Å². The molecule has 1 aromatic heterocycles. The van der Waals surface area contributed by atoms with Gasteiger partial charge in [0.2, 0.25) is 0 Å². The summed E-state index contributed by atoms with van der Waals surface area (Å²) in [5, 5.41) is 1.26. The van der Waals surface area contributed by atoms with Gasteiger partial charge in [0.05, 0.1) is 24.0 Å². The quantitative estimate of drug-likeness (QED) is 0.445. The van der Waals surface area contributed by atoms with Crippen LogP contribution in [0, 0.1) is 0 Å². The second-order valence-corrected chi connectivity index (χ2v) is 7.92. The van der Waals surface area contributed by atoms with Crippen LogP contribution in [0.25, 0.3) is 22.2 Å². The lowest BCUT2D eigenvalue weighted by Gasteiger charge is -2.37. The molecule has 0 saturated carbocycles. The molecular weight excluding hydrogens is 524 g/mol. The molecule has 0 atom stereocenters. The molecule has 31 heavy (non-hydrogen) atoms. The fourth-order valence-corrected chi connectivity index (χ4v) is 4.50. The van der Waals surface area contributed by atoms with Crippen molar-refractivity contribution < 1.29 is 15.7 Å². The van der Waals surface area contributed by atoms with Crippen LogP contribution in [0.2, 0.25) is 0 Å². The third kappa shape index (κ3) is 5.22. The Morgan fingerprint density at radius 1 is 0.903 bits per heavy atom. The number of anilines is 1. The second-order valence-electron chi connectivity index (χ2n) is 7.92. The first-order valence-electron chi connectivity index (χ1n) is 9.88. The van der Waals surface area contributed by atoms with E-state index in [0.29, 0.717) is 12.1 Å². The minimum Gasteiger partial charge on any atom is -0.497 e. The molecule has 172 valence electrons. The molecule has 0 unspecified atom stereocenters. The molecule has 7 heteroatoms. The van der Waals surface area contributed by atoms with Gasteiger partial charge < -0.3 is 20.6 Å². The SMILES string of the molecule is Br.Br.COc1ccc2c(c1)CCc1c-2nc2ccccc2c1N(C(C)C)C(C)C.O.O. The van der Waals surface area contributed by atoms with Crippen LogP contribution in [0.15, 0.2) is 42.5 Å². The Bertz CT molecular complexity index is 1000. The number of nitrogens with zero attached hydrogens (tertiary/aromatic N) is 2. The number of methoxy groups -OCH3 is 1. The third-order valence-electron chi connectivity index (χ3n) is 5.55. The number of halogens is 2. The lowest BCUT2D eigenvalue weighted by molar-refractivity contribution is 0.414. The molecule has 0 saturated heterocycles. The molecule has 0 aliphatic heterocycles. The Kier molecular flexibility index (Phi) is 11.2. The topological polar surface area (TPSA) is 88.4 Å². The Labute approximate surface area is 206 Å². The van der Waals surface area contributed by atoms with Gasteiger partial charge in [0.25, 0.3) is 0 Å². The van der Waals surface area contributed by atoms with Gasteiger partial charge in [-0.25, -0.2) is 4.98 Å². The zero-order chi connectivity index (χ0) is 19.1. The zero-order valence-corrected chi connectivity index (χ0v) is 22.2. The van der Waals surface area contributed by atoms with Gasteiger partial charge in [-0.05, 0) is 70.4 Å². The molecule has 0 fully saturated rings. The fraction of sp³-hybridized carbons (Fsp3) is 0.375. The maximum Gasteiger partial charge on any atom is 0.119 e. The lowest BCUT2D eigenvalue weighted by Crippen LogP contribution is -2.38. The van der Waals surface area contributed by atoms with Crippen LogP contribution in [0.1, 0.15) is 38.8 Å². The molecule has 1 heterocycles. The number of hydrogen-bond acceptors (Lipinski definition) is 3. The highest BCUT2D eigenvalue weighted by Crippen LogP contribution is 2.43. The fourth-order valence-electron chi connectivity index (χ4n) is 4.50. The number of rotatable bonds is 4. The van der Waals surface area contributed by atoms with E-state index in [1.54, 1.807) is 7.11 Å². The summed E-state index contributed by atoms with van der Waals surface area (Å²) < 4.78 is 5.43. The third-order valence-corrected chi connectivity index (χ3v) is 5.55. The number of aromatic nitrogens is 1. The minimum absolute atomic E-state index is 0. The molecule has 4 rings (SSSR count). The van der Waals surface area contributed by atoms with Crippen LogP contribution in [-0.4, -0.2) is 35.1 Å². The van der Waals surface area contributed by atoms with Gasteiger partial charge in [0, 0.05) is 28.6 Å². The van der Waals surface area contributed by atoms with Gasteiger partial charge in [-0.3, -0.25) is 0 Å². The Morgan fingerprint density at radius 2 is 1.55 bits per heavy atom. The number of benzene rings is 2. The minimum atomic E-state index is 0. The monoisotopic (exact) mass is 556 g/mol. The summed E-state index contributed by atoms with van der Waals surface area (Å²) in [5.74, 6) is 0.921. The summed E-state index contributed by atoms with van der Waals surface area (Å²) in [4.78, 5) is 7.66. The van der Waals surface area contributed by atoms with Crippen molar-refractivity contribution in [1.29, 1.82) is 0 Å². The second kappa shape index (κ2) is 11.8. The molecular formula is C24H34Br2N2O3. The molecule has 3 aromatic rings. The van der Waals surface area contributed by atoms with E-state index >= 15 is 0 Å². The number of ether oxygens (including phenoxy) is 1. The van der Waals surface area contributed by atoms with Gasteiger partial charge in [0.15, 0.2) is 0 Å². The number of aryl methyl sites for hydroxylation is 1. The standard InChI is InChI=1S/C24H28N2O.2BrH.2H2O/c1-15(2)26(16(3)4)24-20-8-6-7-9-22(20)25-23-19-13-11-18(27-5)14-17(19)10-12-21(23)24;;;;/h6-9,11,13-16H,10,12H2,1-5H3;2*1H;2*1H2. The summed E-state index contributed by atoms with van der Waals surface area (Å²) in [5.41, 5.74) is 7.53. The average molecular weight is 558 g/mol. The van der Waals surface area contributed by atoms with E-state index in [4.69, 9.17) is 9.72 Å². The largest absolute Gasteiger partial charge is 0.497 e. The first-order chi connectivity index (χ1) is 13.0. The highest BCUT2D eigenvalue weighted by atomic mass is 79.9. The predicted octanol–water partition coefficient (Wildman–Crippen LogP) is 5.14.